The largest absolute Gasteiger partial charge is 0.206 e. The molecule has 0 N–H and O–H groups in total. The standard InChI is InChI=1S/C55H41F/c56-54-33-15-14-30-51(54)53-32-17-25-43-24-16-31-52(55(43)53)49-29-13-12-28-48(49)50(47-27-11-10-26-46(47)42-22-8-3-9-23-42)35-34-39-36-44(40-18-4-1-5-19-40)38-45(37-39)41-20-6-2-7-21-41/h1-33,36-38,50H,34-35H2. The lowest BCUT2D eigenvalue weighted by Gasteiger charge is -2.25. The van der Waals surface area contributed by atoms with E-state index < -0.39 is 0 Å². The quantitative estimate of drug-likeness (QED) is 0.132. The molecule has 1 heteroatoms. The average molecular weight is 721 g/mol. The van der Waals surface area contributed by atoms with E-state index in [-0.39, 0.29) is 11.7 Å². The van der Waals surface area contributed by atoms with Crippen LogP contribution >= 0.6 is 0 Å². The fourth-order valence-corrected chi connectivity index (χ4v) is 8.42. The second-order valence-corrected chi connectivity index (χ2v) is 14.5. The van der Waals surface area contributed by atoms with Crippen molar-refractivity contribution in [2.24, 2.45) is 0 Å². The minimum atomic E-state index is -0.217. The second kappa shape index (κ2) is 15.9. The van der Waals surface area contributed by atoms with Crippen molar-refractivity contribution in [2.45, 2.75) is 18.8 Å². The third-order valence-corrected chi connectivity index (χ3v) is 11.0. The molecule has 56 heavy (non-hydrogen) atoms. The summed E-state index contributed by atoms with van der Waals surface area (Å²) in [5.41, 5.74) is 15.0. The molecule has 0 aliphatic heterocycles. The first-order valence-electron chi connectivity index (χ1n) is 19.5. The Balaban J connectivity index is 1.22. The van der Waals surface area contributed by atoms with Gasteiger partial charge < -0.3 is 0 Å². The molecular weight excluding hydrogens is 680 g/mol. The van der Waals surface area contributed by atoms with E-state index in [4.69, 9.17) is 0 Å². The molecule has 0 amide bonds. The summed E-state index contributed by atoms with van der Waals surface area (Å²) in [4.78, 5) is 0. The number of aryl methyl sites for hydroxylation is 1. The van der Waals surface area contributed by atoms with Crippen LogP contribution < -0.4 is 0 Å². The zero-order chi connectivity index (χ0) is 37.7. The molecule has 9 aromatic rings. The highest BCUT2D eigenvalue weighted by Gasteiger charge is 2.23. The highest BCUT2D eigenvalue weighted by atomic mass is 19.1. The fraction of sp³-hybridized carbons (Fsp3) is 0.0545. The number of halogens is 1. The van der Waals surface area contributed by atoms with E-state index in [1.54, 1.807) is 12.1 Å². The molecule has 0 saturated heterocycles. The van der Waals surface area contributed by atoms with Crippen LogP contribution in [-0.4, -0.2) is 0 Å². The first-order valence-corrected chi connectivity index (χ1v) is 19.5. The van der Waals surface area contributed by atoms with E-state index in [2.05, 4.69) is 188 Å². The van der Waals surface area contributed by atoms with Crippen LogP contribution in [0.5, 0.6) is 0 Å². The summed E-state index contributed by atoms with van der Waals surface area (Å²) in [6.07, 6.45) is 1.76. The van der Waals surface area contributed by atoms with Crippen molar-refractivity contribution < 1.29 is 4.39 Å². The Hall–Kier alpha value is -6.83. The van der Waals surface area contributed by atoms with Crippen LogP contribution in [0.1, 0.15) is 29.0 Å². The number of benzene rings is 9. The van der Waals surface area contributed by atoms with E-state index in [1.807, 2.05) is 18.2 Å². The summed E-state index contributed by atoms with van der Waals surface area (Å²) in [5, 5.41) is 2.15. The maximum Gasteiger partial charge on any atom is 0.131 e. The maximum atomic E-state index is 15.5. The summed E-state index contributed by atoms with van der Waals surface area (Å²) in [7, 11) is 0. The van der Waals surface area contributed by atoms with Gasteiger partial charge in [-0.2, -0.15) is 0 Å². The van der Waals surface area contributed by atoms with E-state index in [0.29, 0.717) is 5.56 Å². The van der Waals surface area contributed by atoms with Gasteiger partial charge in [0, 0.05) is 11.5 Å². The Labute approximate surface area is 329 Å². The van der Waals surface area contributed by atoms with Crippen molar-refractivity contribution in [1.82, 2.24) is 0 Å². The van der Waals surface area contributed by atoms with Gasteiger partial charge in [0.05, 0.1) is 0 Å². The van der Waals surface area contributed by atoms with E-state index in [1.165, 1.54) is 50.1 Å². The van der Waals surface area contributed by atoms with Crippen LogP contribution in [0.25, 0.3) is 66.4 Å². The Bertz CT molecular complexity index is 2690. The summed E-state index contributed by atoms with van der Waals surface area (Å²) >= 11 is 0. The Kier molecular flexibility index (Phi) is 9.89. The average Bonchev–Trinajstić information content (AvgIpc) is 3.27. The van der Waals surface area contributed by atoms with Gasteiger partial charge in [0.1, 0.15) is 5.82 Å². The highest BCUT2D eigenvalue weighted by molar-refractivity contribution is 6.07. The van der Waals surface area contributed by atoms with Gasteiger partial charge in [0.2, 0.25) is 0 Å². The molecule has 0 aliphatic carbocycles. The van der Waals surface area contributed by atoms with Gasteiger partial charge >= 0.3 is 0 Å². The summed E-state index contributed by atoms with van der Waals surface area (Å²) in [5.74, 6) is -0.163. The SMILES string of the molecule is Fc1ccccc1-c1cccc2cccc(-c3ccccc3C(CCc3cc(-c4ccccc4)cc(-c4ccccc4)c3)c3ccccc3-c3ccccc3)c12. The molecular formula is C55H41F. The van der Waals surface area contributed by atoms with Crippen molar-refractivity contribution in [3.05, 3.63) is 241 Å². The predicted molar refractivity (Wildman–Crippen MR) is 234 cm³/mol. The monoisotopic (exact) mass is 720 g/mol. The Morgan fingerprint density at radius 3 is 1.38 bits per heavy atom. The van der Waals surface area contributed by atoms with Gasteiger partial charge in [0.25, 0.3) is 0 Å². The van der Waals surface area contributed by atoms with Crippen molar-refractivity contribution in [3.63, 3.8) is 0 Å². The molecule has 0 bridgehead atoms. The Morgan fingerprint density at radius 1 is 0.339 bits per heavy atom. The van der Waals surface area contributed by atoms with Crippen molar-refractivity contribution in [1.29, 1.82) is 0 Å². The molecule has 9 aromatic carbocycles. The first kappa shape index (κ1) is 34.9. The molecule has 0 aromatic heterocycles. The molecule has 1 unspecified atom stereocenters. The summed E-state index contributed by atoms with van der Waals surface area (Å²) in [6, 6.07) is 76.8. The third kappa shape index (κ3) is 7.08. The van der Waals surface area contributed by atoms with Gasteiger partial charge in [-0.1, -0.05) is 206 Å². The lowest BCUT2D eigenvalue weighted by molar-refractivity contribution is 0.631. The van der Waals surface area contributed by atoms with E-state index in [0.717, 1.165) is 40.3 Å². The maximum absolute atomic E-state index is 15.5. The number of hydrogen-bond acceptors (Lipinski definition) is 0. The summed E-state index contributed by atoms with van der Waals surface area (Å²) in [6.45, 7) is 0. The van der Waals surface area contributed by atoms with Crippen LogP contribution in [0.4, 0.5) is 4.39 Å². The van der Waals surface area contributed by atoms with Crippen LogP contribution in [0, 0.1) is 5.82 Å². The van der Waals surface area contributed by atoms with Gasteiger partial charge in [-0.15, -0.1) is 0 Å². The molecule has 0 heterocycles. The van der Waals surface area contributed by atoms with Crippen LogP contribution in [0.2, 0.25) is 0 Å². The molecule has 0 radical (unpaired) electrons. The molecule has 0 fully saturated rings. The number of hydrogen-bond donors (Lipinski definition) is 0. The molecule has 1 atom stereocenters. The minimum absolute atomic E-state index is 0.0547. The molecule has 268 valence electrons. The van der Waals surface area contributed by atoms with Crippen LogP contribution in [0.15, 0.2) is 218 Å². The molecule has 0 aliphatic rings. The zero-order valence-corrected chi connectivity index (χ0v) is 31.2. The third-order valence-electron chi connectivity index (χ3n) is 11.0. The predicted octanol–water partition coefficient (Wildman–Crippen LogP) is 15.1. The lowest BCUT2D eigenvalue weighted by Crippen LogP contribution is -2.07. The zero-order valence-electron chi connectivity index (χ0n) is 31.2. The minimum Gasteiger partial charge on any atom is -0.206 e. The van der Waals surface area contributed by atoms with Crippen molar-refractivity contribution >= 4 is 10.8 Å². The van der Waals surface area contributed by atoms with Gasteiger partial charge in [-0.3, -0.25) is 0 Å². The van der Waals surface area contributed by atoms with Crippen LogP contribution in [-0.2, 0) is 6.42 Å². The highest BCUT2D eigenvalue weighted by Crippen LogP contribution is 2.44. The number of fused-ring (bicyclic) bond motifs is 1. The van der Waals surface area contributed by atoms with Crippen LogP contribution in [0.3, 0.4) is 0 Å². The van der Waals surface area contributed by atoms with Gasteiger partial charge in [-0.25, -0.2) is 4.39 Å². The Morgan fingerprint density at radius 2 is 0.786 bits per heavy atom. The van der Waals surface area contributed by atoms with Gasteiger partial charge in [-0.05, 0) is 103 Å². The van der Waals surface area contributed by atoms with E-state index >= 15 is 4.39 Å². The number of rotatable bonds is 10. The molecule has 0 spiro atoms. The normalized spacial score (nSPS) is 11.7. The first-order chi connectivity index (χ1) is 27.7. The lowest BCUT2D eigenvalue weighted by atomic mass is 9.78. The molecule has 0 nitrogen and oxygen atoms in total. The topological polar surface area (TPSA) is 0 Å². The smallest absolute Gasteiger partial charge is 0.131 e. The second-order valence-electron chi connectivity index (χ2n) is 14.5. The summed E-state index contributed by atoms with van der Waals surface area (Å²) < 4.78 is 15.5. The van der Waals surface area contributed by atoms with Crippen molar-refractivity contribution in [3.8, 4) is 55.6 Å². The molecule has 9 rings (SSSR count). The van der Waals surface area contributed by atoms with Gasteiger partial charge in [0.15, 0.2) is 0 Å². The van der Waals surface area contributed by atoms with E-state index in [9.17, 15) is 0 Å². The molecule has 0 saturated carbocycles. The fourth-order valence-electron chi connectivity index (χ4n) is 8.42. The van der Waals surface area contributed by atoms with Crippen molar-refractivity contribution in [2.75, 3.05) is 0 Å².